The topological polar surface area (TPSA) is 97.0 Å². The number of aryl methyl sites for hydroxylation is 1. The first-order valence-electron chi connectivity index (χ1n) is 8.11. The van der Waals surface area contributed by atoms with Gasteiger partial charge in [-0.2, -0.15) is 0 Å². The van der Waals surface area contributed by atoms with Crippen molar-refractivity contribution in [3.05, 3.63) is 40.2 Å². The van der Waals surface area contributed by atoms with Gasteiger partial charge in [0.25, 0.3) is 5.91 Å². The van der Waals surface area contributed by atoms with Crippen LogP contribution in [0.3, 0.4) is 0 Å². The Morgan fingerprint density at radius 3 is 2.84 bits per heavy atom. The summed E-state index contributed by atoms with van der Waals surface area (Å²) in [4.78, 5) is 36.6. The highest BCUT2D eigenvalue weighted by atomic mass is 16.5. The fourth-order valence-electron chi connectivity index (χ4n) is 3.15. The van der Waals surface area contributed by atoms with E-state index in [1.807, 2.05) is 6.92 Å². The van der Waals surface area contributed by atoms with Crippen LogP contribution in [-0.2, 0) is 9.59 Å². The number of hydrogen-bond acceptors (Lipinski definition) is 5. The van der Waals surface area contributed by atoms with Gasteiger partial charge in [0.15, 0.2) is 6.10 Å². The molecule has 1 aliphatic rings. The van der Waals surface area contributed by atoms with Crippen LogP contribution in [0.1, 0.15) is 25.3 Å². The molecular weight excluding hydrogens is 326 g/mol. The Morgan fingerprint density at radius 2 is 2.12 bits per heavy atom. The Balaban J connectivity index is 1.79. The first-order valence-corrected chi connectivity index (χ1v) is 8.11. The van der Waals surface area contributed by atoms with Crippen LogP contribution in [0.5, 0.6) is 5.75 Å². The van der Waals surface area contributed by atoms with Crippen molar-refractivity contribution in [2.45, 2.75) is 38.8 Å². The second-order valence-electron chi connectivity index (χ2n) is 6.19. The summed E-state index contributed by atoms with van der Waals surface area (Å²) in [5.74, 6) is -0.982. The maximum absolute atomic E-state index is 12.5. The van der Waals surface area contributed by atoms with Crippen LogP contribution >= 0.6 is 0 Å². The van der Waals surface area contributed by atoms with Crippen LogP contribution in [0.4, 0.5) is 0 Å². The van der Waals surface area contributed by atoms with E-state index in [0.717, 1.165) is 10.9 Å². The zero-order valence-electron chi connectivity index (χ0n) is 14.0. The number of carbonyl (C=O) groups excluding carboxylic acids is 1. The highest BCUT2D eigenvalue weighted by Crippen LogP contribution is 2.24. The van der Waals surface area contributed by atoms with Crippen molar-refractivity contribution in [1.29, 1.82) is 0 Å². The van der Waals surface area contributed by atoms with Crippen molar-refractivity contribution >= 4 is 22.8 Å². The van der Waals surface area contributed by atoms with Gasteiger partial charge in [-0.1, -0.05) is 0 Å². The van der Waals surface area contributed by atoms with Crippen LogP contribution in [0.25, 0.3) is 11.0 Å². The number of carboxylic acid groups (broad SMARTS) is 1. The Morgan fingerprint density at radius 1 is 1.36 bits per heavy atom. The van der Waals surface area contributed by atoms with Gasteiger partial charge in [0.2, 0.25) is 0 Å². The summed E-state index contributed by atoms with van der Waals surface area (Å²) in [6.07, 6.45) is 0.276. The van der Waals surface area contributed by atoms with Gasteiger partial charge in [-0.25, -0.2) is 9.59 Å². The lowest BCUT2D eigenvalue weighted by molar-refractivity contribution is -0.150. The lowest BCUT2D eigenvalue weighted by Crippen LogP contribution is -2.46. The second kappa shape index (κ2) is 6.58. The van der Waals surface area contributed by atoms with Gasteiger partial charge in [-0.3, -0.25) is 4.79 Å². The second-order valence-corrected chi connectivity index (χ2v) is 6.19. The van der Waals surface area contributed by atoms with Gasteiger partial charge < -0.3 is 19.2 Å². The molecule has 1 N–H and O–H groups in total. The molecule has 0 unspecified atom stereocenters. The molecule has 1 amide bonds. The third-order valence-corrected chi connectivity index (χ3v) is 4.40. The molecule has 0 bridgehead atoms. The van der Waals surface area contributed by atoms with E-state index in [-0.39, 0.29) is 5.91 Å². The predicted octanol–water partition coefficient (Wildman–Crippen LogP) is 1.94. The first kappa shape index (κ1) is 17.0. The molecule has 132 valence electrons. The summed E-state index contributed by atoms with van der Waals surface area (Å²) in [5.41, 5.74) is 0.725. The lowest BCUT2D eigenvalue weighted by Gasteiger charge is -2.25. The molecule has 1 aromatic carbocycles. The van der Waals surface area contributed by atoms with Crippen molar-refractivity contribution < 1.29 is 23.8 Å². The van der Waals surface area contributed by atoms with Gasteiger partial charge in [-0.05, 0) is 44.4 Å². The molecule has 1 aromatic heterocycles. The zero-order valence-corrected chi connectivity index (χ0v) is 14.0. The summed E-state index contributed by atoms with van der Waals surface area (Å²) in [5, 5.41) is 9.99. The van der Waals surface area contributed by atoms with E-state index in [1.54, 1.807) is 25.1 Å². The molecule has 0 saturated carbocycles. The predicted molar refractivity (Wildman–Crippen MR) is 89.7 cm³/mol. The van der Waals surface area contributed by atoms with Crippen LogP contribution in [0, 0.1) is 6.92 Å². The molecule has 25 heavy (non-hydrogen) atoms. The van der Waals surface area contributed by atoms with E-state index in [1.165, 1.54) is 11.0 Å². The number of carboxylic acids is 1. The summed E-state index contributed by atoms with van der Waals surface area (Å²) in [6.45, 7) is 3.80. The SMILES string of the molecule is Cc1cc(=O)oc2cc(O[C@H](C)C(=O)N3CCC[C@H]3C(=O)O)ccc12. The number of nitrogens with zero attached hydrogens (tertiary/aromatic N) is 1. The summed E-state index contributed by atoms with van der Waals surface area (Å²) in [6, 6.07) is 5.63. The molecule has 0 spiro atoms. The zero-order chi connectivity index (χ0) is 18.1. The van der Waals surface area contributed by atoms with Crippen molar-refractivity contribution in [3.63, 3.8) is 0 Å². The van der Waals surface area contributed by atoms with Crippen LogP contribution < -0.4 is 10.4 Å². The standard InChI is InChI=1S/C18H19NO6/c1-10-8-16(20)25-15-9-12(5-6-13(10)15)24-11(2)17(21)19-7-3-4-14(19)18(22)23/h5-6,8-9,11,14H,3-4,7H2,1-2H3,(H,22,23)/t11-,14+/m1/s1. The minimum absolute atomic E-state index is 0.365. The maximum atomic E-state index is 12.5. The first-order chi connectivity index (χ1) is 11.9. The van der Waals surface area contributed by atoms with E-state index in [9.17, 15) is 19.5 Å². The molecule has 1 fully saturated rings. The normalized spacial score (nSPS) is 18.3. The average Bonchev–Trinajstić information content (AvgIpc) is 3.03. The third kappa shape index (κ3) is 3.35. The maximum Gasteiger partial charge on any atom is 0.336 e. The van der Waals surface area contributed by atoms with Crippen molar-refractivity contribution in [2.24, 2.45) is 0 Å². The molecule has 2 atom stereocenters. The van der Waals surface area contributed by atoms with Crippen molar-refractivity contribution in [1.82, 2.24) is 4.90 Å². The number of aliphatic carboxylic acids is 1. The quantitative estimate of drug-likeness (QED) is 0.851. The summed E-state index contributed by atoms with van der Waals surface area (Å²) >= 11 is 0. The molecule has 0 aliphatic carbocycles. The molecule has 7 heteroatoms. The van der Waals surface area contributed by atoms with Gasteiger partial charge in [0.05, 0.1) is 0 Å². The number of benzene rings is 1. The number of hydrogen-bond donors (Lipinski definition) is 1. The average molecular weight is 345 g/mol. The molecule has 7 nitrogen and oxygen atoms in total. The van der Waals surface area contributed by atoms with E-state index >= 15 is 0 Å². The third-order valence-electron chi connectivity index (χ3n) is 4.40. The van der Waals surface area contributed by atoms with E-state index in [2.05, 4.69) is 0 Å². The highest BCUT2D eigenvalue weighted by molar-refractivity contribution is 5.87. The van der Waals surface area contributed by atoms with E-state index in [0.29, 0.717) is 30.7 Å². The minimum atomic E-state index is -0.999. The van der Waals surface area contributed by atoms with Crippen molar-refractivity contribution in [3.8, 4) is 5.75 Å². The van der Waals surface area contributed by atoms with Gasteiger partial charge >= 0.3 is 11.6 Å². The molecule has 0 radical (unpaired) electrons. The van der Waals surface area contributed by atoms with Crippen LogP contribution in [0.15, 0.2) is 33.5 Å². The Bertz CT molecular complexity index is 887. The minimum Gasteiger partial charge on any atom is -0.481 e. The fourth-order valence-corrected chi connectivity index (χ4v) is 3.15. The monoisotopic (exact) mass is 345 g/mol. The van der Waals surface area contributed by atoms with Gasteiger partial charge in [0.1, 0.15) is 17.4 Å². The largest absolute Gasteiger partial charge is 0.481 e. The molecule has 1 aliphatic heterocycles. The lowest BCUT2D eigenvalue weighted by atomic mass is 10.1. The highest BCUT2D eigenvalue weighted by Gasteiger charge is 2.36. The Hall–Kier alpha value is -2.83. The Kier molecular flexibility index (Phi) is 4.48. The number of carbonyl (C=O) groups is 2. The summed E-state index contributed by atoms with van der Waals surface area (Å²) < 4.78 is 10.8. The van der Waals surface area contributed by atoms with E-state index in [4.69, 9.17) is 9.15 Å². The molecular formula is C18H19NO6. The Labute approximate surface area is 143 Å². The van der Waals surface area contributed by atoms with Crippen LogP contribution in [0.2, 0.25) is 0 Å². The molecule has 1 saturated heterocycles. The van der Waals surface area contributed by atoms with Crippen LogP contribution in [-0.4, -0.2) is 40.6 Å². The van der Waals surface area contributed by atoms with E-state index < -0.39 is 23.7 Å². The molecule has 2 heterocycles. The number of fused-ring (bicyclic) bond motifs is 1. The number of ether oxygens (including phenoxy) is 1. The van der Waals surface area contributed by atoms with Gasteiger partial charge in [0, 0.05) is 24.1 Å². The summed E-state index contributed by atoms with van der Waals surface area (Å²) in [7, 11) is 0. The number of amides is 1. The number of likely N-dealkylation sites (tertiary alicyclic amines) is 1. The van der Waals surface area contributed by atoms with Gasteiger partial charge in [-0.15, -0.1) is 0 Å². The molecule has 2 aromatic rings. The number of rotatable bonds is 4. The molecule has 3 rings (SSSR count). The smallest absolute Gasteiger partial charge is 0.336 e. The van der Waals surface area contributed by atoms with Crippen molar-refractivity contribution in [2.75, 3.05) is 6.54 Å². The fraction of sp³-hybridized carbons (Fsp3) is 0.389.